The molecule has 0 amide bonds. The van der Waals surface area contributed by atoms with Crippen LogP contribution in [-0.2, 0) is 9.53 Å². The van der Waals surface area contributed by atoms with Crippen LogP contribution in [-0.4, -0.2) is 17.4 Å². The molecule has 0 rings (SSSR count). The van der Waals surface area contributed by atoms with Crippen LogP contribution in [0.2, 0.25) is 0 Å². The number of aliphatic hydroxyl groups is 1. The highest BCUT2D eigenvalue weighted by atomic mass is 16.6. The van der Waals surface area contributed by atoms with Crippen molar-refractivity contribution in [2.24, 2.45) is 0 Å². The standard InChI is InChI=1S/C17H32O3/c1-4-6-7-8-9-10-11-12-13-14-16(18)20-17(19)15(3)5-2/h5,16,18H,4,6-14H2,1-3H3. The highest BCUT2D eigenvalue weighted by Gasteiger charge is 2.11. The summed E-state index contributed by atoms with van der Waals surface area (Å²) in [7, 11) is 0. The Morgan fingerprint density at radius 2 is 1.55 bits per heavy atom. The number of rotatable bonds is 12. The number of hydrogen-bond donors (Lipinski definition) is 1. The quantitative estimate of drug-likeness (QED) is 0.244. The molecule has 0 aliphatic heterocycles. The third-order valence-electron chi connectivity index (χ3n) is 3.55. The molecule has 0 aromatic heterocycles. The van der Waals surface area contributed by atoms with Gasteiger partial charge in [0.15, 0.2) is 0 Å². The van der Waals surface area contributed by atoms with E-state index in [9.17, 15) is 9.90 Å². The van der Waals surface area contributed by atoms with Crippen molar-refractivity contribution in [2.75, 3.05) is 0 Å². The maximum atomic E-state index is 11.4. The Balaban J connectivity index is 3.40. The molecule has 0 aliphatic carbocycles. The number of unbranched alkanes of at least 4 members (excludes halogenated alkanes) is 8. The van der Waals surface area contributed by atoms with Gasteiger partial charge >= 0.3 is 5.97 Å². The van der Waals surface area contributed by atoms with Crippen LogP contribution in [0.5, 0.6) is 0 Å². The fourth-order valence-electron chi connectivity index (χ4n) is 2.02. The number of ether oxygens (including phenoxy) is 1. The summed E-state index contributed by atoms with van der Waals surface area (Å²) in [6, 6.07) is 0. The van der Waals surface area contributed by atoms with E-state index in [4.69, 9.17) is 4.74 Å². The number of esters is 1. The molecule has 20 heavy (non-hydrogen) atoms. The van der Waals surface area contributed by atoms with Crippen LogP contribution in [0.15, 0.2) is 11.6 Å². The van der Waals surface area contributed by atoms with Gasteiger partial charge in [0.1, 0.15) is 0 Å². The normalized spacial score (nSPS) is 13.3. The molecule has 0 heterocycles. The minimum absolute atomic E-state index is 0.420. The van der Waals surface area contributed by atoms with Crippen LogP contribution >= 0.6 is 0 Å². The van der Waals surface area contributed by atoms with Gasteiger partial charge in [-0.3, -0.25) is 0 Å². The van der Waals surface area contributed by atoms with E-state index < -0.39 is 12.3 Å². The van der Waals surface area contributed by atoms with Gasteiger partial charge in [-0.2, -0.15) is 0 Å². The first-order valence-electron chi connectivity index (χ1n) is 8.13. The molecule has 0 aromatic carbocycles. The molecule has 3 nitrogen and oxygen atoms in total. The first-order valence-corrected chi connectivity index (χ1v) is 8.13. The summed E-state index contributed by atoms with van der Waals surface area (Å²) in [4.78, 5) is 11.4. The molecule has 1 N–H and O–H groups in total. The Morgan fingerprint density at radius 3 is 2.05 bits per heavy atom. The fourth-order valence-corrected chi connectivity index (χ4v) is 2.02. The maximum absolute atomic E-state index is 11.4. The van der Waals surface area contributed by atoms with Gasteiger partial charge in [0.05, 0.1) is 0 Å². The number of carbonyl (C=O) groups is 1. The average Bonchev–Trinajstić information content (AvgIpc) is 2.44. The Morgan fingerprint density at radius 1 is 1.05 bits per heavy atom. The molecule has 0 saturated heterocycles. The Labute approximate surface area is 124 Å². The van der Waals surface area contributed by atoms with E-state index in [1.54, 1.807) is 19.9 Å². The van der Waals surface area contributed by atoms with Crippen molar-refractivity contribution < 1.29 is 14.6 Å². The van der Waals surface area contributed by atoms with Gasteiger partial charge in [0.25, 0.3) is 0 Å². The molecule has 0 saturated carbocycles. The molecule has 118 valence electrons. The van der Waals surface area contributed by atoms with Gasteiger partial charge < -0.3 is 9.84 Å². The second kappa shape index (κ2) is 13.2. The highest BCUT2D eigenvalue weighted by molar-refractivity contribution is 5.87. The van der Waals surface area contributed by atoms with Gasteiger partial charge in [-0.05, 0) is 20.3 Å². The zero-order valence-corrected chi connectivity index (χ0v) is 13.5. The smallest absolute Gasteiger partial charge is 0.335 e. The van der Waals surface area contributed by atoms with Gasteiger partial charge in [0.2, 0.25) is 6.29 Å². The van der Waals surface area contributed by atoms with E-state index in [1.807, 2.05) is 0 Å². The van der Waals surface area contributed by atoms with Crippen molar-refractivity contribution in [3.05, 3.63) is 11.6 Å². The van der Waals surface area contributed by atoms with Gasteiger partial charge in [-0.1, -0.05) is 64.4 Å². The zero-order valence-electron chi connectivity index (χ0n) is 13.5. The van der Waals surface area contributed by atoms with Crippen molar-refractivity contribution in [3.8, 4) is 0 Å². The molecule has 0 radical (unpaired) electrons. The molecule has 1 atom stereocenters. The summed E-state index contributed by atoms with van der Waals surface area (Å²) >= 11 is 0. The fraction of sp³-hybridized carbons (Fsp3) is 0.824. The molecule has 0 bridgehead atoms. The third kappa shape index (κ3) is 11.0. The summed E-state index contributed by atoms with van der Waals surface area (Å²) in [5, 5.41) is 9.59. The lowest BCUT2D eigenvalue weighted by atomic mass is 10.1. The average molecular weight is 284 g/mol. The third-order valence-corrected chi connectivity index (χ3v) is 3.55. The maximum Gasteiger partial charge on any atom is 0.335 e. The molecule has 3 heteroatoms. The van der Waals surface area contributed by atoms with Crippen LogP contribution < -0.4 is 0 Å². The largest absolute Gasteiger partial charge is 0.433 e. The van der Waals surface area contributed by atoms with Gasteiger partial charge in [-0.25, -0.2) is 4.79 Å². The van der Waals surface area contributed by atoms with Crippen molar-refractivity contribution in [1.29, 1.82) is 0 Å². The summed E-state index contributed by atoms with van der Waals surface area (Å²) in [5.74, 6) is -0.420. The second-order valence-corrected chi connectivity index (χ2v) is 5.45. The molecule has 1 unspecified atom stereocenters. The van der Waals surface area contributed by atoms with E-state index >= 15 is 0 Å². The van der Waals surface area contributed by atoms with Gasteiger partial charge in [0, 0.05) is 12.0 Å². The van der Waals surface area contributed by atoms with Crippen LogP contribution in [0.1, 0.15) is 85.0 Å². The first kappa shape index (κ1) is 19.2. The lowest BCUT2D eigenvalue weighted by molar-refractivity contribution is -0.163. The van der Waals surface area contributed by atoms with Crippen molar-refractivity contribution in [3.63, 3.8) is 0 Å². The molecule has 0 spiro atoms. The summed E-state index contributed by atoms with van der Waals surface area (Å²) in [5.41, 5.74) is 0.538. The van der Waals surface area contributed by atoms with E-state index in [0.29, 0.717) is 12.0 Å². The Bertz CT molecular complexity index is 271. The summed E-state index contributed by atoms with van der Waals surface area (Å²) in [6.07, 6.45) is 12.4. The van der Waals surface area contributed by atoms with Gasteiger partial charge in [-0.15, -0.1) is 0 Å². The van der Waals surface area contributed by atoms with Crippen molar-refractivity contribution in [1.82, 2.24) is 0 Å². The minimum atomic E-state index is -0.957. The molecule has 0 aliphatic rings. The van der Waals surface area contributed by atoms with E-state index in [-0.39, 0.29) is 0 Å². The number of hydrogen-bond acceptors (Lipinski definition) is 3. The number of carbonyl (C=O) groups excluding carboxylic acids is 1. The first-order chi connectivity index (χ1) is 9.61. The minimum Gasteiger partial charge on any atom is -0.433 e. The topological polar surface area (TPSA) is 46.5 Å². The highest BCUT2D eigenvalue weighted by Crippen LogP contribution is 2.12. The van der Waals surface area contributed by atoms with Crippen molar-refractivity contribution in [2.45, 2.75) is 91.3 Å². The molecular weight excluding hydrogens is 252 g/mol. The summed E-state index contributed by atoms with van der Waals surface area (Å²) in [6.45, 7) is 5.70. The van der Waals surface area contributed by atoms with Crippen LogP contribution in [0, 0.1) is 0 Å². The van der Waals surface area contributed by atoms with E-state index in [0.717, 1.165) is 12.8 Å². The predicted octanol–water partition coefficient (Wildman–Crippen LogP) is 4.74. The summed E-state index contributed by atoms with van der Waals surface area (Å²) < 4.78 is 4.92. The molecular formula is C17H32O3. The molecule has 0 fully saturated rings. The monoisotopic (exact) mass is 284 g/mol. The van der Waals surface area contributed by atoms with Crippen LogP contribution in [0.3, 0.4) is 0 Å². The van der Waals surface area contributed by atoms with E-state index in [2.05, 4.69) is 6.92 Å². The predicted molar refractivity (Wildman–Crippen MR) is 83.4 cm³/mol. The number of allylic oxidation sites excluding steroid dienone is 1. The number of aliphatic hydroxyl groups excluding tert-OH is 1. The lowest BCUT2D eigenvalue weighted by Gasteiger charge is -2.12. The lowest BCUT2D eigenvalue weighted by Crippen LogP contribution is -2.18. The van der Waals surface area contributed by atoms with Crippen molar-refractivity contribution >= 4 is 5.97 Å². The zero-order chi connectivity index (χ0) is 15.2. The van der Waals surface area contributed by atoms with Crippen LogP contribution in [0.25, 0.3) is 0 Å². The van der Waals surface area contributed by atoms with E-state index in [1.165, 1.54) is 44.9 Å². The SMILES string of the molecule is CC=C(C)C(=O)OC(O)CCCCCCCCCCC. The van der Waals surface area contributed by atoms with Crippen LogP contribution in [0.4, 0.5) is 0 Å². The second-order valence-electron chi connectivity index (χ2n) is 5.45. The Hall–Kier alpha value is -0.830. The Kier molecular flexibility index (Phi) is 12.6. The molecule has 0 aromatic rings.